The summed E-state index contributed by atoms with van der Waals surface area (Å²) < 4.78 is 47.6. The molecule has 1 N–H and O–H groups in total. The summed E-state index contributed by atoms with van der Waals surface area (Å²) in [6.45, 7) is 3.28. The van der Waals surface area contributed by atoms with Gasteiger partial charge in [-0.3, -0.25) is 9.59 Å². The van der Waals surface area contributed by atoms with Gasteiger partial charge in [0.25, 0.3) is 16.1 Å². The number of amides is 2. The molecule has 13 heteroatoms. The molecule has 1 aromatic rings. The maximum atomic E-state index is 14.2. The highest BCUT2D eigenvalue weighted by molar-refractivity contribution is 7.86. The van der Waals surface area contributed by atoms with Crippen LogP contribution in [0.5, 0.6) is 0 Å². The van der Waals surface area contributed by atoms with Crippen LogP contribution >= 0.6 is 11.6 Å². The predicted octanol–water partition coefficient (Wildman–Crippen LogP) is 0.904. The van der Waals surface area contributed by atoms with E-state index in [-0.39, 0.29) is 49.3 Å². The van der Waals surface area contributed by atoms with Crippen LogP contribution in [0.4, 0.5) is 4.39 Å². The number of carbonyl (C=O) groups is 2. The van der Waals surface area contributed by atoms with Crippen LogP contribution in [0.15, 0.2) is 18.2 Å². The molecule has 0 radical (unpaired) electrons. The van der Waals surface area contributed by atoms with Crippen LogP contribution in [0.1, 0.15) is 25.5 Å². The number of rotatable bonds is 7. The van der Waals surface area contributed by atoms with Crippen molar-refractivity contribution in [3.05, 3.63) is 34.6 Å². The van der Waals surface area contributed by atoms with E-state index >= 15 is 0 Å². The summed E-state index contributed by atoms with van der Waals surface area (Å²) in [7, 11) is -2.39. The molecular formula is C21H27ClFN5O5S. The summed E-state index contributed by atoms with van der Waals surface area (Å²) in [6, 6.07) is 4.58. The SMILES string of the molecule is C[C@H](C(=O)N[C@H](C)c1ccc(Cl)cc1F)N(C)C(=O)C1CN(S(=O)(=O)N2CC(C#N)C2)CCO1. The lowest BCUT2D eigenvalue weighted by molar-refractivity contribution is -0.151. The number of nitrogens with one attached hydrogen (secondary N) is 1. The minimum absolute atomic E-state index is 0.0203. The Hall–Kier alpha value is -2.30. The molecule has 3 atom stereocenters. The van der Waals surface area contributed by atoms with Gasteiger partial charge in [-0.1, -0.05) is 17.7 Å². The fourth-order valence-electron chi connectivity index (χ4n) is 3.71. The molecule has 0 saturated carbocycles. The van der Waals surface area contributed by atoms with Crippen LogP contribution in [0.3, 0.4) is 0 Å². The number of ether oxygens (including phenoxy) is 1. The number of nitriles is 1. The summed E-state index contributed by atoms with van der Waals surface area (Å²) in [5.41, 5.74) is 0.250. The number of nitrogens with zero attached hydrogens (tertiary/aromatic N) is 4. The zero-order chi connectivity index (χ0) is 25.2. The van der Waals surface area contributed by atoms with Crippen molar-refractivity contribution in [2.45, 2.75) is 32.0 Å². The third-order valence-electron chi connectivity index (χ3n) is 6.08. The Balaban J connectivity index is 1.60. The number of likely N-dealkylation sites (N-methyl/N-ethyl adjacent to an activating group) is 1. The van der Waals surface area contributed by atoms with Gasteiger partial charge in [0.05, 0.1) is 31.2 Å². The van der Waals surface area contributed by atoms with Crippen molar-refractivity contribution >= 4 is 33.6 Å². The lowest BCUT2D eigenvalue weighted by atomic mass is 10.1. The summed E-state index contributed by atoms with van der Waals surface area (Å²) in [5.74, 6) is -1.95. The molecule has 0 bridgehead atoms. The quantitative estimate of drug-likeness (QED) is 0.575. The maximum absolute atomic E-state index is 14.2. The highest BCUT2D eigenvalue weighted by Crippen LogP contribution is 2.24. The molecule has 186 valence electrons. The zero-order valence-corrected chi connectivity index (χ0v) is 20.6. The van der Waals surface area contributed by atoms with Gasteiger partial charge in [-0.2, -0.15) is 22.3 Å². The standard InChI is InChI=1S/C21H27ClFN5O5S/c1-13(17-5-4-16(22)8-18(17)23)25-20(29)14(2)26(3)21(30)19-12-27(6-7-33-19)34(31,32)28-10-15(9-24)11-28/h4-5,8,13-15,19H,6-7,10-12H2,1-3H3,(H,25,29)/t13-,14-,19?/m1/s1. The number of carbonyl (C=O) groups excluding carboxylic acids is 2. The van der Waals surface area contributed by atoms with Gasteiger partial charge >= 0.3 is 0 Å². The third kappa shape index (κ3) is 5.50. The van der Waals surface area contributed by atoms with Gasteiger partial charge in [0.1, 0.15) is 18.0 Å². The van der Waals surface area contributed by atoms with Crippen molar-refractivity contribution in [3.63, 3.8) is 0 Å². The van der Waals surface area contributed by atoms with Crippen LogP contribution < -0.4 is 5.32 Å². The van der Waals surface area contributed by atoms with Crippen molar-refractivity contribution in [3.8, 4) is 6.07 Å². The Morgan fingerprint density at radius 3 is 2.59 bits per heavy atom. The Labute approximate surface area is 203 Å². The highest BCUT2D eigenvalue weighted by atomic mass is 35.5. The molecule has 2 fully saturated rings. The first kappa shape index (κ1) is 26.3. The minimum atomic E-state index is -3.81. The lowest BCUT2D eigenvalue weighted by Crippen LogP contribution is -2.60. The second kappa shape index (κ2) is 10.5. The monoisotopic (exact) mass is 515 g/mol. The fourth-order valence-corrected chi connectivity index (χ4v) is 5.57. The van der Waals surface area contributed by atoms with Crippen molar-refractivity contribution < 1.29 is 27.1 Å². The number of benzene rings is 1. The van der Waals surface area contributed by atoms with Gasteiger partial charge < -0.3 is 15.0 Å². The first-order chi connectivity index (χ1) is 15.9. The molecule has 2 heterocycles. The summed E-state index contributed by atoms with van der Waals surface area (Å²) >= 11 is 5.77. The van der Waals surface area contributed by atoms with E-state index in [0.717, 1.165) is 10.4 Å². The van der Waals surface area contributed by atoms with E-state index < -0.39 is 46.0 Å². The first-order valence-electron chi connectivity index (χ1n) is 10.7. The topological polar surface area (TPSA) is 123 Å². The molecular weight excluding hydrogens is 489 g/mol. The van der Waals surface area contributed by atoms with Crippen LogP contribution in [0.2, 0.25) is 5.02 Å². The van der Waals surface area contributed by atoms with Gasteiger partial charge in [-0.25, -0.2) is 4.39 Å². The van der Waals surface area contributed by atoms with Crippen molar-refractivity contribution in [1.82, 2.24) is 18.8 Å². The average Bonchev–Trinajstić information content (AvgIpc) is 2.76. The predicted molar refractivity (Wildman–Crippen MR) is 121 cm³/mol. The van der Waals surface area contributed by atoms with E-state index in [9.17, 15) is 22.4 Å². The van der Waals surface area contributed by atoms with Gasteiger partial charge in [-0.15, -0.1) is 0 Å². The normalized spacial score (nSPS) is 21.7. The molecule has 1 unspecified atom stereocenters. The van der Waals surface area contributed by atoms with Gasteiger partial charge in [-0.05, 0) is 26.0 Å². The summed E-state index contributed by atoms with van der Waals surface area (Å²) in [5, 5.41) is 11.8. The molecule has 0 spiro atoms. The highest BCUT2D eigenvalue weighted by Gasteiger charge is 2.43. The molecule has 2 saturated heterocycles. The molecule has 1 aromatic carbocycles. The van der Waals surface area contributed by atoms with E-state index in [1.54, 1.807) is 6.92 Å². The van der Waals surface area contributed by atoms with Crippen molar-refractivity contribution in [2.75, 3.05) is 39.8 Å². The number of hydrogen-bond donors (Lipinski definition) is 1. The number of morpholine rings is 1. The average molecular weight is 516 g/mol. The van der Waals surface area contributed by atoms with Crippen LogP contribution in [0, 0.1) is 23.1 Å². The molecule has 0 aliphatic carbocycles. The Bertz CT molecular complexity index is 1090. The summed E-state index contributed by atoms with van der Waals surface area (Å²) in [6.07, 6.45) is -1.08. The molecule has 2 aliphatic rings. The molecule has 0 aromatic heterocycles. The Morgan fingerprint density at radius 2 is 1.97 bits per heavy atom. The maximum Gasteiger partial charge on any atom is 0.282 e. The zero-order valence-electron chi connectivity index (χ0n) is 19.1. The van der Waals surface area contributed by atoms with Gasteiger partial charge in [0.2, 0.25) is 5.91 Å². The Morgan fingerprint density at radius 1 is 1.29 bits per heavy atom. The van der Waals surface area contributed by atoms with Crippen LogP contribution in [-0.2, 0) is 24.5 Å². The molecule has 10 nitrogen and oxygen atoms in total. The van der Waals surface area contributed by atoms with E-state index in [2.05, 4.69) is 5.32 Å². The molecule has 2 amide bonds. The second-order valence-electron chi connectivity index (χ2n) is 8.39. The lowest BCUT2D eigenvalue weighted by Gasteiger charge is -2.40. The minimum Gasteiger partial charge on any atom is -0.366 e. The Kier molecular flexibility index (Phi) is 8.15. The van der Waals surface area contributed by atoms with E-state index in [1.165, 1.54) is 35.3 Å². The van der Waals surface area contributed by atoms with Crippen molar-refractivity contribution in [2.24, 2.45) is 5.92 Å². The fraction of sp³-hybridized carbons (Fsp3) is 0.571. The summed E-state index contributed by atoms with van der Waals surface area (Å²) in [4.78, 5) is 26.9. The third-order valence-corrected chi connectivity index (χ3v) is 8.25. The van der Waals surface area contributed by atoms with Gasteiger partial charge in [0, 0.05) is 37.3 Å². The van der Waals surface area contributed by atoms with Crippen molar-refractivity contribution in [1.29, 1.82) is 5.26 Å². The molecule has 34 heavy (non-hydrogen) atoms. The van der Waals surface area contributed by atoms with E-state index in [1.807, 2.05) is 6.07 Å². The smallest absolute Gasteiger partial charge is 0.282 e. The number of hydrogen-bond acceptors (Lipinski definition) is 6. The van der Waals surface area contributed by atoms with Crippen LogP contribution in [0.25, 0.3) is 0 Å². The number of halogens is 2. The van der Waals surface area contributed by atoms with Gasteiger partial charge in [0.15, 0.2) is 0 Å². The molecule has 2 aliphatic heterocycles. The van der Waals surface area contributed by atoms with Crippen LogP contribution in [-0.4, -0.2) is 85.7 Å². The van der Waals surface area contributed by atoms with E-state index in [4.69, 9.17) is 21.6 Å². The second-order valence-corrected chi connectivity index (χ2v) is 10.8. The first-order valence-corrected chi connectivity index (χ1v) is 12.5. The van der Waals surface area contributed by atoms with E-state index in [0.29, 0.717) is 0 Å². The molecule has 3 rings (SSSR count). The largest absolute Gasteiger partial charge is 0.366 e.